The van der Waals surface area contributed by atoms with Crippen molar-refractivity contribution in [2.75, 3.05) is 26.7 Å². The molecule has 1 saturated carbocycles. The first kappa shape index (κ1) is 12.7. The van der Waals surface area contributed by atoms with Crippen molar-refractivity contribution >= 4 is 6.03 Å². The summed E-state index contributed by atoms with van der Waals surface area (Å²) in [5.74, 6) is 0. The fourth-order valence-electron chi connectivity index (χ4n) is 2.44. The smallest absolute Gasteiger partial charge is 0.320 e. The number of urea groups is 1. The van der Waals surface area contributed by atoms with Crippen molar-refractivity contribution in [1.82, 2.24) is 15.1 Å². The minimum Gasteiger partial charge on any atom is -0.328 e. The second kappa shape index (κ2) is 5.71. The number of piperidine rings is 1. The molecular formula is C13H25N3O. The average Bonchev–Trinajstić information content (AvgIpc) is 3.19. The third kappa shape index (κ3) is 3.35. The van der Waals surface area contributed by atoms with E-state index in [1.165, 1.54) is 32.1 Å². The summed E-state index contributed by atoms with van der Waals surface area (Å²) in [6.07, 6.45) is 6.18. The summed E-state index contributed by atoms with van der Waals surface area (Å²) in [4.78, 5) is 16.2. The molecule has 4 heteroatoms. The Morgan fingerprint density at radius 2 is 2.06 bits per heavy atom. The highest BCUT2D eigenvalue weighted by Crippen LogP contribution is 2.28. The van der Waals surface area contributed by atoms with E-state index in [9.17, 15) is 4.79 Å². The number of hydrogen-bond acceptors (Lipinski definition) is 2. The molecule has 0 aromatic carbocycles. The molecule has 1 unspecified atom stereocenters. The largest absolute Gasteiger partial charge is 0.328 e. The lowest BCUT2D eigenvalue weighted by atomic mass is 10.0. The second-order valence-corrected chi connectivity index (χ2v) is 5.33. The first-order valence-corrected chi connectivity index (χ1v) is 6.97. The third-order valence-corrected chi connectivity index (χ3v) is 3.86. The van der Waals surface area contributed by atoms with Crippen LogP contribution in [0, 0.1) is 0 Å². The minimum absolute atomic E-state index is 0.211. The number of amides is 2. The van der Waals surface area contributed by atoms with Crippen LogP contribution in [-0.4, -0.2) is 54.6 Å². The van der Waals surface area contributed by atoms with Gasteiger partial charge in [-0.15, -0.1) is 0 Å². The summed E-state index contributed by atoms with van der Waals surface area (Å²) in [6, 6.07) is 1.24. The zero-order valence-corrected chi connectivity index (χ0v) is 11.1. The molecule has 2 aliphatic rings. The molecule has 0 aromatic heterocycles. The van der Waals surface area contributed by atoms with Gasteiger partial charge in [-0.05, 0) is 39.2 Å². The number of carbonyl (C=O) groups excluding carboxylic acids is 1. The molecular weight excluding hydrogens is 214 g/mol. The van der Waals surface area contributed by atoms with Crippen LogP contribution in [0.3, 0.4) is 0 Å². The zero-order valence-electron chi connectivity index (χ0n) is 11.1. The molecule has 0 spiro atoms. The van der Waals surface area contributed by atoms with Gasteiger partial charge in [0.1, 0.15) is 0 Å². The molecule has 1 N–H and O–H groups in total. The van der Waals surface area contributed by atoms with Gasteiger partial charge in [0.2, 0.25) is 0 Å². The van der Waals surface area contributed by atoms with Crippen LogP contribution in [0.5, 0.6) is 0 Å². The van der Waals surface area contributed by atoms with E-state index in [-0.39, 0.29) is 6.03 Å². The van der Waals surface area contributed by atoms with Crippen molar-refractivity contribution in [3.8, 4) is 0 Å². The third-order valence-electron chi connectivity index (χ3n) is 3.86. The van der Waals surface area contributed by atoms with Gasteiger partial charge in [0.25, 0.3) is 0 Å². The Hall–Kier alpha value is -0.770. The summed E-state index contributed by atoms with van der Waals surface area (Å²) in [7, 11) is 1.89. The van der Waals surface area contributed by atoms with Gasteiger partial charge in [-0.3, -0.25) is 0 Å². The number of hydrogen-bond donors (Lipinski definition) is 1. The lowest BCUT2D eigenvalue weighted by molar-refractivity contribution is 0.152. The monoisotopic (exact) mass is 239 g/mol. The Balaban J connectivity index is 1.89. The van der Waals surface area contributed by atoms with E-state index in [2.05, 4.69) is 10.2 Å². The van der Waals surface area contributed by atoms with Crippen molar-refractivity contribution in [3.05, 3.63) is 0 Å². The predicted molar refractivity (Wildman–Crippen MR) is 69.1 cm³/mol. The topological polar surface area (TPSA) is 35.6 Å². The van der Waals surface area contributed by atoms with Crippen molar-refractivity contribution in [2.45, 2.75) is 51.1 Å². The fourth-order valence-corrected chi connectivity index (χ4v) is 2.44. The maximum atomic E-state index is 12.3. The fraction of sp³-hybridized carbons (Fsp3) is 0.923. The number of carbonyl (C=O) groups is 1. The molecule has 2 rings (SSSR count). The van der Waals surface area contributed by atoms with Crippen molar-refractivity contribution < 1.29 is 4.79 Å². The van der Waals surface area contributed by atoms with Gasteiger partial charge in [-0.25, -0.2) is 4.79 Å². The van der Waals surface area contributed by atoms with Gasteiger partial charge < -0.3 is 15.1 Å². The molecule has 98 valence electrons. The van der Waals surface area contributed by atoms with Crippen LogP contribution in [0.2, 0.25) is 0 Å². The molecule has 0 aromatic rings. The van der Waals surface area contributed by atoms with Crippen molar-refractivity contribution in [1.29, 1.82) is 0 Å². The van der Waals surface area contributed by atoms with Crippen LogP contribution < -0.4 is 5.32 Å². The van der Waals surface area contributed by atoms with E-state index in [1.807, 2.05) is 18.9 Å². The Kier molecular flexibility index (Phi) is 4.26. The summed E-state index contributed by atoms with van der Waals surface area (Å²) >= 11 is 0. The highest BCUT2D eigenvalue weighted by atomic mass is 16.2. The van der Waals surface area contributed by atoms with Gasteiger partial charge in [-0.1, -0.05) is 6.42 Å². The van der Waals surface area contributed by atoms with Gasteiger partial charge >= 0.3 is 6.03 Å². The lowest BCUT2D eigenvalue weighted by Gasteiger charge is -2.33. The molecule has 1 aliphatic heterocycles. The Labute approximate surface area is 104 Å². The molecule has 1 saturated heterocycles. The molecule has 1 heterocycles. The van der Waals surface area contributed by atoms with E-state index in [1.54, 1.807) is 0 Å². The first-order valence-electron chi connectivity index (χ1n) is 6.97. The molecule has 1 atom stereocenters. The quantitative estimate of drug-likeness (QED) is 0.810. The minimum atomic E-state index is 0.211. The number of nitrogens with zero attached hydrogens (tertiary/aromatic N) is 2. The van der Waals surface area contributed by atoms with Crippen LogP contribution in [0.15, 0.2) is 0 Å². The van der Waals surface area contributed by atoms with E-state index in [0.717, 1.165) is 19.6 Å². The van der Waals surface area contributed by atoms with Crippen LogP contribution in [0.4, 0.5) is 4.79 Å². The van der Waals surface area contributed by atoms with Crippen LogP contribution in [-0.2, 0) is 0 Å². The van der Waals surface area contributed by atoms with Gasteiger partial charge in [0.15, 0.2) is 0 Å². The number of nitrogens with one attached hydrogen (secondary N) is 1. The average molecular weight is 239 g/mol. The van der Waals surface area contributed by atoms with E-state index >= 15 is 0 Å². The molecule has 2 fully saturated rings. The summed E-state index contributed by atoms with van der Waals surface area (Å²) in [6.45, 7) is 4.83. The van der Waals surface area contributed by atoms with Gasteiger partial charge in [0.05, 0.1) is 0 Å². The van der Waals surface area contributed by atoms with Crippen LogP contribution in [0.25, 0.3) is 0 Å². The SMILES string of the molecule is CCN(C)C(=O)N(CC1CCCCN1)C1CC1. The first-order chi connectivity index (χ1) is 8.22. The molecule has 0 bridgehead atoms. The Morgan fingerprint density at radius 1 is 1.29 bits per heavy atom. The van der Waals surface area contributed by atoms with Gasteiger partial charge in [0, 0.05) is 32.2 Å². The molecule has 2 amide bonds. The van der Waals surface area contributed by atoms with Gasteiger partial charge in [-0.2, -0.15) is 0 Å². The maximum absolute atomic E-state index is 12.3. The van der Waals surface area contributed by atoms with E-state index in [4.69, 9.17) is 0 Å². The number of rotatable bonds is 4. The van der Waals surface area contributed by atoms with E-state index < -0.39 is 0 Å². The highest BCUT2D eigenvalue weighted by molar-refractivity contribution is 5.74. The lowest BCUT2D eigenvalue weighted by Crippen LogP contribution is -2.50. The zero-order chi connectivity index (χ0) is 12.3. The van der Waals surface area contributed by atoms with Crippen molar-refractivity contribution in [2.24, 2.45) is 0 Å². The molecule has 4 nitrogen and oxygen atoms in total. The maximum Gasteiger partial charge on any atom is 0.320 e. The predicted octanol–water partition coefficient (Wildman–Crippen LogP) is 1.66. The molecule has 0 radical (unpaired) electrons. The Morgan fingerprint density at radius 3 is 2.59 bits per heavy atom. The molecule has 17 heavy (non-hydrogen) atoms. The highest BCUT2D eigenvalue weighted by Gasteiger charge is 2.35. The van der Waals surface area contributed by atoms with E-state index in [0.29, 0.717) is 12.1 Å². The summed E-state index contributed by atoms with van der Waals surface area (Å²) < 4.78 is 0. The second-order valence-electron chi connectivity index (χ2n) is 5.33. The van der Waals surface area contributed by atoms with Crippen LogP contribution in [0.1, 0.15) is 39.0 Å². The summed E-state index contributed by atoms with van der Waals surface area (Å²) in [5.41, 5.74) is 0. The summed E-state index contributed by atoms with van der Waals surface area (Å²) in [5, 5.41) is 3.53. The van der Waals surface area contributed by atoms with Crippen LogP contribution >= 0.6 is 0 Å². The normalized spacial score (nSPS) is 24.5. The van der Waals surface area contributed by atoms with Crippen molar-refractivity contribution in [3.63, 3.8) is 0 Å². The molecule has 1 aliphatic carbocycles. The Bertz CT molecular complexity index is 259. The standard InChI is InChI=1S/C13H25N3O/c1-3-15(2)13(17)16(12-7-8-12)10-11-6-4-5-9-14-11/h11-12,14H,3-10H2,1-2H3.